The molecule has 0 unspecified atom stereocenters. The number of aryl methyl sites for hydroxylation is 1. The number of fused-ring (bicyclic) bond motifs is 1. The van der Waals surface area contributed by atoms with Gasteiger partial charge in [-0.15, -0.1) is 0 Å². The lowest BCUT2D eigenvalue weighted by Crippen LogP contribution is -2.38. The maximum Gasteiger partial charge on any atom is 0.340 e. The summed E-state index contributed by atoms with van der Waals surface area (Å²) in [4.78, 5) is 34.8. The quantitative estimate of drug-likeness (QED) is 0.675. The molecule has 0 bridgehead atoms. The van der Waals surface area contributed by atoms with E-state index >= 15 is 0 Å². The molecule has 0 radical (unpaired) electrons. The average molecular weight is 395 g/mol. The minimum Gasteiger partial charge on any atom is -0.462 e. The molecule has 7 heteroatoms. The Morgan fingerprint density at radius 2 is 1.97 bits per heavy atom. The summed E-state index contributed by atoms with van der Waals surface area (Å²) in [6, 6.07) is 7.74. The van der Waals surface area contributed by atoms with E-state index in [4.69, 9.17) is 9.15 Å². The van der Waals surface area contributed by atoms with Crippen molar-refractivity contribution in [1.29, 1.82) is 0 Å². The van der Waals surface area contributed by atoms with E-state index in [1.807, 2.05) is 29.2 Å². The highest BCUT2D eigenvalue weighted by molar-refractivity contribution is 6.00. The van der Waals surface area contributed by atoms with Gasteiger partial charge >= 0.3 is 5.97 Å². The van der Waals surface area contributed by atoms with Gasteiger partial charge in [-0.3, -0.25) is 4.79 Å². The SMILES string of the molecule is CCOC(=O)c1c(C)[nH]c(C(=O)N2CCC(c3nc4ccccc4o3)CC2)c1C. The van der Waals surface area contributed by atoms with E-state index in [-0.39, 0.29) is 11.8 Å². The fraction of sp³-hybridized carbons (Fsp3) is 0.409. The smallest absolute Gasteiger partial charge is 0.340 e. The molecule has 1 aliphatic heterocycles. The molecule has 0 aliphatic carbocycles. The maximum absolute atomic E-state index is 13.1. The van der Waals surface area contributed by atoms with Crippen molar-refractivity contribution in [2.75, 3.05) is 19.7 Å². The maximum atomic E-state index is 13.1. The Morgan fingerprint density at radius 3 is 2.66 bits per heavy atom. The van der Waals surface area contributed by atoms with Gasteiger partial charge in [0.2, 0.25) is 0 Å². The monoisotopic (exact) mass is 395 g/mol. The van der Waals surface area contributed by atoms with Crippen molar-refractivity contribution >= 4 is 23.0 Å². The molecule has 4 rings (SSSR count). The number of aromatic nitrogens is 2. The van der Waals surface area contributed by atoms with Crippen LogP contribution in [-0.2, 0) is 4.74 Å². The Kier molecular flexibility index (Phi) is 5.13. The predicted octanol–water partition coefficient (Wildman–Crippen LogP) is 3.97. The minimum atomic E-state index is -0.396. The lowest BCUT2D eigenvalue weighted by molar-refractivity contribution is 0.0525. The number of esters is 1. The van der Waals surface area contributed by atoms with E-state index < -0.39 is 5.97 Å². The van der Waals surface area contributed by atoms with Gasteiger partial charge in [0, 0.05) is 24.7 Å². The predicted molar refractivity (Wildman–Crippen MR) is 108 cm³/mol. The van der Waals surface area contributed by atoms with Crippen LogP contribution >= 0.6 is 0 Å². The number of carbonyl (C=O) groups excluding carboxylic acids is 2. The van der Waals surface area contributed by atoms with Crippen LogP contribution in [0.3, 0.4) is 0 Å². The van der Waals surface area contributed by atoms with Crippen LogP contribution in [0.15, 0.2) is 28.7 Å². The zero-order chi connectivity index (χ0) is 20.5. The van der Waals surface area contributed by atoms with Crippen molar-refractivity contribution in [3.8, 4) is 0 Å². The molecule has 1 aliphatic rings. The van der Waals surface area contributed by atoms with E-state index in [1.54, 1.807) is 20.8 Å². The zero-order valence-corrected chi connectivity index (χ0v) is 16.9. The minimum absolute atomic E-state index is 0.0860. The fourth-order valence-electron chi connectivity index (χ4n) is 4.03. The number of aromatic amines is 1. The number of nitrogens with zero attached hydrogens (tertiary/aromatic N) is 2. The highest BCUT2D eigenvalue weighted by atomic mass is 16.5. The van der Waals surface area contributed by atoms with Crippen molar-refractivity contribution in [3.05, 3.63) is 52.7 Å². The van der Waals surface area contributed by atoms with Crippen LogP contribution in [0, 0.1) is 13.8 Å². The Labute approximate surface area is 169 Å². The average Bonchev–Trinajstić information content (AvgIpc) is 3.28. The van der Waals surface area contributed by atoms with Gasteiger partial charge in [-0.2, -0.15) is 0 Å². The molecule has 1 fully saturated rings. The molecule has 3 heterocycles. The first-order valence-corrected chi connectivity index (χ1v) is 10.0. The van der Waals surface area contributed by atoms with Gasteiger partial charge in [-0.1, -0.05) is 12.1 Å². The molecule has 1 amide bonds. The molecule has 29 heavy (non-hydrogen) atoms. The van der Waals surface area contributed by atoms with Gasteiger partial charge in [-0.05, 0) is 51.3 Å². The molecule has 1 saturated heterocycles. The van der Waals surface area contributed by atoms with Crippen LogP contribution in [0.4, 0.5) is 0 Å². The third-order valence-corrected chi connectivity index (χ3v) is 5.57. The molecule has 0 saturated carbocycles. The molecule has 152 valence electrons. The molecule has 7 nitrogen and oxygen atoms in total. The third-order valence-electron chi connectivity index (χ3n) is 5.57. The summed E-state index contributed by atoms with van der Waals surface area (Å²) in [5.41, 5.74) is 3.88. The molecule has 0 atom stereocenters. The molecule has 1 N–H and O–H groups in total. The zero-order valence-electron chi connectivity index (χ0n) is 16.9. The summed E-state index contributed by atoms with van der Waals surface area (Å²) in [6.07, 6.45) is 1.59. The Morgan fingerprint density at radius 1 is 1.24 bits per heavy atom. The van der Waals surface area contributed by atoms with E-state index in [9.17, 15) is 9.59 Å². The number of piperidine rings is 1. The summed E-state index contributed by atoms with van der Waals surface area (Å²) < 4.78 is 11.0. The number of H-pyrrole nitrogens is 1. The van der Waals surface area contributed by atoms with Gasteiger partial charge in [0.25, 0.3) is 5.91 Å². The van der Waals surface area contributed by atoms with Crippen LogP contribution in [0.1, 0.15) is 63.7 Å². The summed E-state index contributed by atoms with van der Waals surface area (Å²) in [5, 5.41) is 0. The van der Waals surface area contributed by atoms with Crippen molar-refractivity contribution in [2.24, 2.45) is 0 Å². The first-order valence-electron chi connectivity index (χ1n) is 10.0. The first kappa shape index (κ1) is 19.2. The van der Waals surface area contributed by atoms with Gasteiger partial charge in [0.15, 0.2) is 11.5 Å². The van der Waals surface area contributed by atoms with Crippen LogP contribution in [0.25, 0.3) is 11.1 Å². The highest BCUT2D eigenvalue weighted by Crippen LogP contribution is 2.31. The second-order valence-electron chi connectivity index (χ2n) is 7.43. The topological polar surface area (TPSA) is 88.4 Å². The van der Waals surface area contributed by atoms with Crippen LogP contribution in [0.5, 0.6) is 0 Å². The molecule has 3 aromatic rings. The lowest BCUT2D eigenvalue weighted by Gasteiger charge is -2.30. The lowest BCUT2D eigenvalue weighted by atomic mass is 9.96. The number of likely N-dealkylation sites (tertiary alicyclic amines) is 1. The Hall–Kier alpha value is -3.09. The fourth-order valence-corrected chi connectivity index (χ4v) is 4.03. The number of carbonyl (C=O) groups is 2. The van der Waals surface area contributed by atoms with Gasteiger partial charge in [0.05, 0.1) is 12.2 Å². The van der Waals surface area contributed by atoms with Gasteiger partial charge in [-0.25, -0.2) is 9.78 Å². The Bertz CT molecular complexity index is 1020. The number of rotatable bonds is 4. The second-order valence-corrected chi connectivity index (χ2v) is 7.43. The van der Waals surface area contributed by atoms with Crippen molar-refractivity contribution in [2.45, 2.75) is 39.5 Å². The number of ether oxygens (including phenoxy) is 1. The van der Waals surface area contributed by atoms with E-state index in [1.165, 1.54) is 0 Å². The van der Waals surface area contributed by atoms with E-state index in [2.05, 4.69) is 9.97 Å². The number of hydrogen-bond acceptors (Lipinski definition) is 5. The number of para-hydroxylation sites is 2. The normalized spacial score (nSPS) is 15.1. The first-order chi connectivity index (χ1) is 14.0. The molecule has 0 spiro atoms. The molecular formula is C22H25N3O4. The van der Waals surface area contributed by atoms with Crippen molar-refractivity contribution < 1.29 is 18.7 Å². The number of oxazole rings is 1. The summed E-state index contributed by atoms with van der Waals surface area (Å²) in [5.74, 6) is 0.465. The standard InChI is InChI=1S/C22H25N3O4/c1-4-28-22(27)18-13(2)19(23-14(18)3)21(26)25-11-9-15(10-12-25)20-24-16-7-5-6-8-17(16)29-20/h5-8,15,23H,4,9-12H2,1-3H3. The number of benzene rings is 1. The molecule has 2 aromatic heterocycles. The van der Waals surface area contributed by atoms with Crippen LogP contribution in [-0.4, -0.2) is 46.4 Å². The van der Waals surface area contributed by atoms with Gasteiger partial charge in [0.1, 0.15) is 11.2 Å². The summed E-state index contributed by atoms with van der Waals surface area (Å²) in [7, 11) is 0. The Balaban J connectivity index is 1.46. The largest absolute Gasteiger partial charge is 0.462 e. The molecular weight excluding hydrogens is 370 g/mol. The summed E-state index contributed by atoms with van der Waals surface area (Å²) in [6.45, 7) is 6.88. The number of amides is 1. The van der Waals surface area contributed by atoms with Gasteiger partial charge < -0.3 is 19.0 Å². The van der Waals surface area contributed by atoms with E-state index in [0.717, 1.165) is 29.8 Å². The van der Waals surface area contributed by atoms with Crippen molar-refractivity contribution in [1.82, 2.24) is 14.9 Å². The number of hydrogen-bond donors (Lipinski definition) is 1. The van der Waals surface area contributed by atoms with Crippen LogP contribution in [0.2, 0.25) is 0 Å². The van der Waals surface area contributed by atoms with Crippen molar-refractivity contribution in [3.63, 3.8) is 0 Å². The third kappa shape index (κ3) is 3.52. The molecule has 1 aromatic carbocycles. The highest BCUT2D eigenvalue weighted by Gasteiger charge is 2.30. The van der Waals surface area contributed by atoms with Crippen LogP contribution < -0.4 is 0 Å². The number of nitrogens with one attached hydrogen (secondary N) is 1. The van der Waals surface area contributed by atoms with E-state index in [0.29, 0.717) is 42.2 Å². The second kappa shape index (κ2) is 7.73. The summed E-state index contributed by atoms with van der Waals surface area (Å²) >= 11 is 0.